The predicted octanol–water partition coefficient (Wildman–Crippen LogP) is 1.33. The third-order valence-corrected chi connectivity index (χ3v) is 1.18. The molecule has 0 N–H and O–H groups in total. The van der Waals surface area contributed by atoms with Crippen molar-refractivity contribution in [3.8, 4) is 0 Å². The van der Waals surface area contributed by atoms with Gasteiger partial charge in [0.05, 0.1) is 0 Å². The van der Waals surface area contributed by atoms with Crippen molar-refractivity contribution in [2.75, 3.05) is 0 Å². The van der Waals surface area contributed by atoms with Gasteiger partial charge in [0.1, 0.15) is 0 Å². The van der Waals surface area contributed by atoms with Crippen molar-refractivity contribution in [3.05, 3.63) is 17.1 Å². The summed E-state index contributed by atoms with van der Waals surface area (Å²) in [5, 5.41) is 1.55. The minimum absolute atomic E-state index is 0.331. The molecule has 0 aliphatic heterocycles. The molecule has 5 nitrogen and oxygen atoms in total. The number of amides is 1. The summed E-state index contributed by atoms with van der Waals surface area (Å²) >= 11 is 0. The topological polar surface area (TPSA) is 72.8 Å². The first-order valence-corrected chi connectivity index (χ1v) is 3.50. The van der Waals surface area contributed by atoms with E-state index in [4.69, 9.17) is 0 Å². The standard InChI is InChI=1S/C7H6F3NO4/c1-3(2)6(13)15-4(5(12)11-14)7(8,9)10/h4H,1H2,2H3. The first-order valence-electron chi connectivity index (χ1n) is 3.50. The van der Waals surface area contributed by atoms with Gasteiger partial charge in [-0.2, -0.15) is 13.2 Å². The van der Waals surface area contributed by atoms with Crippen LogP contribution in [0.1, 0.15) is 6.92 Å². The molecule has 0 fully saturated rings. The van der Waals surface area contributed by atoms with E-state index in [1.165, 1.54) is 0 Å². The molecule has 8 heteroatoms. The normalized spacial score (nSPS) is 12.8. The van der Waals surface area contributed by atoms with E-state index in [2.05, 4.69) is 11.3 Å². The Morgan fingerprint density at radius 1 is 1.40 bits per heavy atom. The van der Waals surface area contributed by atoms with Gasteiger partial charge in [0, 0.05) is 10.7 Å². The van der Waals surface area contributed by atoms with Crippen molar-refractivity contribution in [2.45, 2.75) is 19.2 Å². The summed E-state index contributed by atoms with van der Waals surface area (Å²) in [7, 11) is 0. The number of nitroso groups, excluding NO2 is 1. The second-order valence-corrected chi connectivity index (χ2v) is 2.54. The number of alkyl halides is 3. The van der Waals surface area contributed by atoms with E-state index < -0.39 is 24.2 Å². The average Bonchev–Trinajstić information content (AvgIpc) is 2.10. The summed E-state index contributed by atoms with van der Waals surface area (Å²) in [5.74, 6) is -3.54. The molecule has 0 aromatic rings. The van der Waals surface area contributed by atoms with Crippen LogP contribution in [-0.4, -0.2) is 24.2 Å². The average molecular weight is 225 g/mol. The lowest BCUT2D eigenvalue weighted by atomic mass is 10.3. The Kier molecular flexibility index (Phi) is 4.13. The predicted molar refractivity (Wildman–Crippen MR) is 41.6 cm³/mol. The third-order valence-electron chi connectivity index (χ3n) is 1.18. The zero-order valence-corrected chi connectivity index (χ0v) is 7.50. The summed E-state index contributed by atoms with van der Waals surface area (Å²) in [4.78, 5) is 30.7. The second-order valence-electron chi connectivity index (χ2n) is 2.54. The van der Waals surface area contributed by atoms with Crippen LogP contribution in [0.4, 0.5) is 13.2 Å². The molecular weight excluding hydrogens is 219 g/mol. The molecule has 1 atom stereocenters. The van der Waals surface area contributed by atoms with Crippen LogP contribution in [0.5, 0.6) is 0 Å². The Morgan fingerprint density at radius 3 is 2.13 bits per heavy atom. The molecule has 0 spiro atoms. The molecule has 0 aliphatic rings. The summed E-state index contributed by atoms with van der Waals surface area (Å²) in [6, 6.07) is 0. The number of ether oxygens (including phenoxy) is 1. The van der Waals surface area contributed by atoms with Crippen LogP contribution in [0.15, 0.2) is 17.3 Å². The zero-order valence-electron chi connectivity index (χ0n) is 7.50. The molecule has 0 saturated heterocycles. The highest BCUT2D eigenvalue weighted by molar-refractivity contribution is 5.91. The van der Waals surface area contributed by atoms with E-state index in [0.29, 0.717) is 0 Å². The molecular formula is C7H6F3NO4. The van der Waals surface area contributed by atoms with Crippen molar-refractivity contribution in [1.82, 2.24) is 0 Å². The molecule has 0 aliphatic carbocycles. The van der Waals surface area contributed by atoms with E-state index in [0.717, 1.165) is 6.92 Å². The number of halogens is 3. The Balaban J connectivity index is 4.83. The van der Waals surface area contributed by atoms with Gasteiger partial charge in [-0.05, 0) is 6.92 Å². The molecule has 0 aromatic heterocycles. The number of carbonyl (C=O) groups is 2. The molecule has 0 bridgehead atoms. The zero-order chi connectivity index (χ0) is 12.2. The third kappa shape index (κ3) is 3.88. The Bertz CT molecular complexity index is 310. The molecule has 0 rings (SSSR count). The monoisotopic (exact) mass is 225 g/mol. The van der Waals surface area contributed by atoms with Gasteiger partial charge in [-0.3, -0.25) is 4.79 Å². The fourth-order valence-electron chi connectivity index (χ4n) is 0.513. The highest BCUT2D eigenvalue weighted by atomic mass is 19.4. The maximum Gasteiger partial charge on any atom is 0.435 e. The van der Waals surface area contributed by atoms with Crippen LogP contribution in [0.2, 0.25) is 0 Å². The largest absolute Gasteiger partial charge is 0.439 e. The SMILES string of the molecule is C=C(C)C(=O)OC(C(=O)N=O)C(F)(F)F. The van der Waals surface area contributed by atoms with Gasteiger partial charge in [0.25, 0.3) is 6.10 Å². The van der Waals surface area contributed by atoms with Gasteiger partial charge in [-0.1, -0.05) is 6.58 Å². The van der Waals surface area contributed by atoms with Gasteiger partial charge < -0.3 is 4.74 Å². The molecule has 1 amide bonds. The lowest BCUT2D eigenvalue weighted by Crippen LogP contribution is -2.39. The Morgan fingerprint density at radius 2 is 1.87 bits per heavy atom. The lowest BCUT2D eigenvalue weighted by molar-refractivity contribution is -0.216. The number of hydrogen-bond acceptors (Lipinski definition) is 4. The molecule has 1 unspecified atom stereocenters. The van der Waals surface area contributed by atoms with E-state index in [1.807, 2.05) is 0 Å². The van der Waals surface area contributed by atoms with Crippen LogP contribution in [-0.2, 0) is 14.3 Å². The van der Waals surface area contributed by atoms with Gasteiger partial charge in [-0.15, -0.1) is 4.91 Å². The lowest BCUT2D eigenvalue weighted by Gasteiger charge is -2.16. The summed E-state index contributed by atoms with van der Waals surface area (Å²) in [6.07, 6.45) is -8.34. The molecule has 84 valence electrons. The van der Waals surface area contributed by atoms with Crippen molar-refractivity contribution >= 4 is 11.9 Å². The van der Waals surface area contributed by atoms with Crippen molar-refractivity contribution < 1.29 is 27.5 Å². The van der Waals surface area contributed by atoms with Crippen LogP contribution in [0.25, 0.3) is 0 Å². The Hall–Kier alpha value is -1.73. The van der Waals surface area contributed by atoms with Crippen LogP contribution in [0, 0.1) is 4.91 Å². The second kappa shape index (κ2) is 4.67. The first-order chi connectivity index (χ1) is 6.70. The van der Waals surface area contributed by atoms with Crippen LogP contribution < -0.4 is 0 Å². The van der Waals surface area contributed by atoms with E-state index in [9.17, 15) is 27.7 Å². The number of carbonyl (C=O) groups excluding carboxylic acids is 2. The van der Waals surface area contributed by atoms with Crippen molar-refractivity contribution in [1.29, 1.82) is 0 Å². The molecule has 0 aromatic carbocycles. The van der Waals surface area contributed by atoms with Gasteiger partial charge in [0.15, 0.2) is 0 Å². The summed E-state index contributed by atoms with van der Waals surface area (Å²) < 4.78 is 39.9. The van der Waals surface area contributed by atoms with Gasteiger partial charge >= 0.3 is 18.1 Å². The Labute approximate surface area is 81.9 Å². The summed E-state index contributed by atoms with van der Waals surface area (Å²) in [6.45, 7) is 4.11. The fourth-order valence-corrected chi connectivity index (χ4v) is 0.513. The molecule has 0 heterocycles. The molecule has 0 saturated carbocycles. The highest BCUT2D eigenvalue weighted by Gasteiger charge is 2.49. The first kappa shape index (κ1) is 13.3. The minimum Gasteiger partial charge on any atom is -0.439 e. The quantitative estimate of drug-likeness (QED) is 0.412. The maximum absolute atomic E-state index is 12.1. The molecule has 0 radical (unpaired) electrons. The van der Waals surface area contributed by atoms with Gasteiger partial charge in [-0.25, -0.2) is 4.79 Å². The van der Waals surface area contributed by atoms with E-state index in [1.54, 1.807) is 5.18 Å². The van der Waals surface area contributed by atoms with E-state index in [-0.39, 0.29) is 5.57 Å². The smallest absolute Gasteiger partial charge is 0.435 e. The number of nitrogens with zero attached hydrogens (tertiary/aromatic N) is 1. The van der Waals surface area contributed by atoms with Crippen molar-refractivity contribution in [3.63, 3.8) is 0 Å². The molecule has 15 heavy (non-hydrogen) atoms. The highest BCUT2D eigenvalue weighted by Crippen LogP contribution is 2.24. The maximum atomic E-state index is 12.1. The number of esters is 1. The van der Waals surface area contributed by atoms with Crippen molar-refractivity contribution in [2.24, 2.45) is 5.18 Å². The number of rotatable bonds is 3. The number of hydrogen-bond donors (Lipinski definition) is 0. The van der Waals surface area contributed by atoms with E-state index >= 15 is 0 Å². The fraction of sp³-hybridized carbons (Fsp3) is 0.429. The van der Waals surface area contributed by atoms with Gasteiger partial charge in [0.2, 0.25) is 0 Å². The minimum atomic E-state index is -5.17. The summed E-state index contributed by atoms with van der Waals surface area (Å²) in [5.41, 5.74) is -0.331. The van der Waals surface area contributed by atoms with Crippen LogP contribution in [0.3, 0.4) is 0 Å². The van der Waals surface area contributed by atoms with Crippen LogP contribution >= 0.6 is 0 Å².